The highest BCUT2D eigenvalue weighted by Gasteiger charge is 2.26. The molecule has 0 spiro atoms. The van der Waals surface area contributed by atoms with Crippen LogP contribution in [0.2, 0.25) is 0 Å². The number of rotatable bonds is 8. The molecule has 2 amide bonds. The SMILES string of the molecule is CCC(NC(=O)C(NC(=O)c1cccs1)C(C)C)c1ccc(OC)cc1. The molecule has 2 rings (SSSR count). The number of benzene rings is 1. The maximum atomic E-state index is 12.8. The average molecular weight is 375 g/mol. The number of thiophene rings is 1. The van der Waals surface area contributed by atoms with E-state index < -0.39 is 6.04 Å². The second kappa shape index (κ2) is 9.38. The molecule has 0 saturated carbocycles. The van der Waals surface area contributed by atoms with Crippen LogP contribution in [0.3, 0.4) is 0 Å². The summed E-state index contributed by atoms with van der Waals surface area (Å²) in [4.78, 5) is 25.7. The highest BCUT2D eigenvalue weighted by atomic mass is 32.1. The molecule has 26 heavy (non-hydrogen) atoms. The van der Waals surface area contributed by atoms with Crippen molar-refractivity contribution in [2.45, 2.75) is 39.3 Å². The van der Waals surface area contributed by atoms with Crippen LogP contribution in [-0.4, -0.2) is 25.0 Å². The molecule has 0 aliphatic rings. The molecule has 0 radical (unpaired) electrons. The fourth-order valence-electron chi connectivity index (χ4n) is 2.67. The number of methoxy groups -OCH3 is 1. The van der Waals surface area contributed by atoms with E-state index >= 15 is 0 Å². The Morgan fingerprint density at radius 3 is 2.31 bits per heavy atom. The van der Waals surface area contributed by atoms with Crippen molar-refractivity contribution in [2.75, 3.05) is 7.11 Å². The third-order valence-corrected chi connectivity index (χ3v) is 5.09. The lowest BCUT2D eigenvalue weighted by Crippen LogP contribution is -2.50. The fraction of sp³-hybridized carbons (Fsp3) is 0.400. The first kappa shape index (κ1) is 20.0. The number of carbonyl (C=O) groups is 2. The number of hydrogen-bond acceptors (Lipinski definition) is 4. The van der Waals surface area contributed by atoms with Crippen LogP contribution in [0, 0.1) is 5.92 Å². The molecule has 140 valence electrons. The molecule has 5 nitrogen and oxygen atoms in total. The van der Waals surface area contributed by atoms with E-state index in [1.165, 1.54) is 11.3 Å². The average Bonchev–Trinajstić information content (AvgIpc) is 3.18. The Balaban J connectivity index is 2.08. The number of nitrogens with one attached hydrogen (secondary N) is 2. The third-order valence-electron chi connectivity index (χ3n) is 4.22. The summed E-state index contributed by atoms with van der Waals surface area (Å²) in [6.45, 7) is 5.87. The van der Waals surface area contributed by atoms with Crippen LogP contribution in [-0.2, 0) is 4.79 Å². The fourth-order valence-corrected chi connectivity index (χ4v) is 3.30. The van der Waals surface area contributed by atoms with Gasteiger partial charge in [0, 0.05) is 0 Å². The predicted octanol–water partition coefficient (Wildman–Crippen LogP) is 3.78. The molecule has 0 saturated heterocycles. The molecule has 2 unspecified atom stereocenters. The van der Waals surface area contributed by atoms with E-state index in [2.05, 4.69) is 10.6 Å². The van der Waals surface area contributed by atoms with Crippen LogP contribution < -0.4 is 15.4 Å². The van der Waals surface area contributed by atoms with Gasteiger partial charge >= 0.3 is 0 Å². The summed E-state index contributed by atoms with van der Waals surface area (Å²) in [6.07, 6.45) is 0.752. The van der Waals surface area contributed by atoms with E-state index in [9.17, 15) is 9.59 Å². The summed E-state index contributed by atoms with van der Waals surface area (Å²) in [5, 5.41) is 7.76. The number of hydrogen-bond donors (Lipinski definition) is 2. The first-order valence-electron chi connectivity index (χ1n) is 8.75. The molecule has 1 aromatic heterocycles. The van der Waals surface area contributed by atoms with E-state index in [1.807, 2.05) is 56.5 Å². The molecule has 2 aromatic rings. The van der Waals surface area contributed by atoms with E-state index in [-0.39, 0.29) is 23.8 Å². The van der Waals surface area contributed by atoms with Crippen molar-refractivity contribution in [1.82, 2.24) is 10.6 Å². The number of ether oxygens (including phenoxy) is 1. The largest absolute Gasteiger partial charge is 0.497 e. The van der Waals surface area contributed by atoms with Crippen molar-refractivity contribution < 1.29 is 14.3 Å². The van der Waals surface area contributed by atoms with Gasteiger partial charge in [-0.15, -0.1) is 11.3 Å². The summed E-state index contributed by atoms with van der Waals surface area (Å²) in [5.74, 6) is 0.365. The molecule has 0 aliphatic carbocycles. The van der Waals surface area contributed by atoms with Crippen LogP contribution in [0.25, 0.3) is 0 Å². The maximum absolute atomic E-state index is 12.8. The molecular formula is C20H26N2O3S. The summed E-state index contributed by atoms with van der Waals surface area (Å²) in [5.41, 5.74) is 1.01. The zero-order chi connectivity index (χ0) is 19.1. The first-order chi connectivity index (χ1) is 12.5. The van der Waals surface area contributed by atoms with Crippen LogP contribution in [0.5, 0.6) is 5.75 Å². The van der Waals surface area contributed by atoms with Crippen molar-refractivity contribution >= 4 is 23.2 Å². The third kappa shape index (κ3) is 5.08. The molecule has 0 bridgehead atoms. The van der Waals surface area contributed by atoms with E-state index in [0.717, 1.165) is 17.7 Å². The van der Waals surface area contributed by atoms with E-state index in [4.69, 9.17) is 4.74 Å². The van der Waals surface area contributed by atoms with E-state index in [0.29, 0.717) is 4.88 Å². The number of carbonyl (C=O) groups excluding carboxylic acids is 2. The Kier molecular flexibility index (Phi) is 7.21. The maximum Gasteiger partial charge on any atom is 0.262 e. The topological polar surface area (TPSA) is 67.4 Å². The zero-order valence-corrected chi connectivity index (χ0v) is 16.4. The lowest BCUT2D eigenvalue weighted by molar-refractivity contribution is -0.124. The van der Waals surface area contributed by atoms with Gasteiger partial charge in [0.2, 0.25) is 5.91 Å². The predicted molar refractivity (Wildman–Crippen MR) is 105 cm³/mol. The Morgan fingerprint density at radius 2 is 1.81 bits per heavy atom. The summed E-state index contributed by atoms with van der Waals surface area (Å²) >= 11 is 1.36. The van der Waals surface area contributed by atoms with Gasteiger partial charge in [-0.05, 0) is 41.5 Å². The molecule has 2 N–H and O–H groups in total. The molecule has 2 atom stereocenters. The minimum Gasteiger partial charge on any atom is -0.497 e. The van der Waals surface area contributed by atoms with Gasteiger partial charge in [0.15, 0.2) is 0 Å². The van der Waals surface area contributed by atoms with Gasteiger partial charge in [0.25, 0.3) is 5.91 Å². The van der Waals surface area contributed by atoms with Gasteiger partial charge in [-0.3, -0.25) is 9.59 Å². The number of amides is 2. The van der Waals surface area contributed by atoms with Crippen molar-refractivity contribution in [3.63, 3.8) is 0 Å². The molecule has 0 fully saturated rings. The van der Waals surface area contributed by atoms with Gasteiger partial charge in [-0.1, -0.05) is 39.0 Å². The lowest BCUT2D eigenvalue weighted by Gasteiger charge is -2.25. The second-order valence-electron chi connectivity index (χ2n) is 6.42. The summed E-state index contributed by atoms with van der Waals surface area (Å²) in [7, 11) is 1.62. The standard InChI is InChI=1S/C20H26N2O3S/c1-5-16(14-8-10-15(25-4)11-9-14)21-20(24)18(13(2)3)22-19(23)17-7-6-12-26-17/h6-13,16,18H,5H2,1-4H3,(H,21,24)(H,22,23). The highest BCUT2D eigenvalue weighted by Crippen LogP contribution is 2.21. The normalized spacial score (nSPS) is 13.1. The quantitative estimate of drug-likeness (QED) is 0.739. The molecule has 1 heterocycles. The summed E-state index contributed by atoms with van der Waals surface area (Å²) < 4.78 is 5.18. The highest BCUT2D eigenvalue weighted by molar-refractivity contribution is 7.12. The molecule has 0 aliphatic heterocycles. The monoisotopic (exact) mass is 374 g/mol. The Hall–Kier alpha value is -2.34. The molecule has 6 heteroatoms. The van der Waals surface area contributed by atoms with Crippen molar-refractivity contribution in [3.8, 4) is 5.75 Å². The minimum absolute atomic E-state index is 0.0210. The second-order valence-corrected chi connectivity index (χ2v) is 7.36. The Labute approximate surface area is 158 Å². The lowest BCUT2D eigenvalue weighted by atomic mass is 10.00. The van der Waals surface area contributed by atoms with Crippen molar-refractivity contribution in [2.24, 2.45) is 5.92 Å². The molecule has 1 aromatic carbocycles. The smallest absolute Gasteiger partial charge is 0.262 e. The van der Waals surface area contributed by atoms with Crippen LogP contribution >= 0.6 is 11.3 Å². The minimum atomic E-state index is -0.586. The van der Waals surface area contributed by atoms with Crippen LogP contribution in [0.1, 0.15) is 48.5 Å². The van der Waals surface area contributed by atoms with Crippen LogP contribution in [0.4, 0.5) is 0 Å². The Bertz CT molecular complexity index is 711. The van der Waals surface area contributed by atoms with E-state index in [1.54, 1.807) is 13.2 Å². The van der Waals surface area contributed by atoms with Gasteiger partial charge in [-0.25, -0.2) is 0 Å². The van der Waals surface area contributed by atoms with Crippen molar-refractivity contribution in [1.29, 1.82) is 0 Å². The van der Waals surface area contributed by atoms with Crippen molar-refractivity contribution in [3.05, 3.63) is 52.2 Å². The van der Waals surface area contributed by atoms with Gasteiger partial charge in [0.1, 0.15) is 11.8 Å². The summed E-state index contributed by atoms with van der Waals surface area (Å²) in [6, 6.07) is 10.5. The van der Waals surface area contributed by atoms with Gasteiger partial charge in [-0.2, -0.15) is 0 Å². The Morgan fingerprint density at radius 1 is 1.12 bits per heavy atom. The van der Waals surface area contributed by atoms with Crippen LogP contribution in [0.15, 0.2) is 41.8 Å². The van der Waals surface area contributed by atoms with Gasteiger partial charge in [0.05, 0.1) is 18.0 Å². The van der Waals surface area contributed by atoms with Gasteiger partial charge < -0.3 is 15.4 Å². The first-order valence-corrected chi connectivity index (χ1v) is 9.62. The zero-order valence-electron chi connectivity index (χ0n) is 15.6. The molecular weight excluding hydrogens is 348 g/mol.